The normalized spacial score (nSPS) is 18.2. The molecule has 2 unspecified atom stereocenters. The molecule has 0 aliphatic carbocycles. The van der Waals surface area contributed by atoms with Gasteiger partial charge in [-0.2, -0.15) is 0 Å². The fraction of sp³-hybridized carbons (Fsp3) is 0.579. The van der Waals surface area contributed by atoms with Crippen molar-refractivity contribution >= 4 is 24.1 Å². The molecule has 140 valence electrons. The summed E-state index contributed by atoms with van der Waals surface area (Å²) >= 11 is 0. The number of ether oxygens (including phenoxy) is 1. The van der Waals surface area contributed by atoms with E-state index in [0.717, 1.165) is 31.7 Å². The molecule has 0 bridgehead atoms. The van der Waals surface area contributed by atoms with E-state index in [9.17, 15) is 9.59 Å². The van der Waals surface area contributed by atoms with Crippen molar-refractivity contribution in [3.05, 3.63) is 29.8 Å². The number of carbonyl (C=O) groups excluding carboxylic acids is 2. The fourth-order valence-electron chi connectivity index (χ4n) is 3.02. The van der Waals surface area contributed by atoms with Crippen LogP contribution in [0, 0.1) is 5.92 Å². The van der Waals surface area contributed by atoms with E-state index in [0.29, 0.717) is 30.9 Å². The fourth-order valence-corrected chi connectivity index (χ4v) is 3.02. The van der Waals surface area contributed by atoms with Crippen LogP contribution in [-0.2, 0) is 4.79 Å². The van der Waals surface area contributed by atoms with Gasteiger partial charge in [0.05, 0.1) is 6.61 Å². The van der Waals surface area contributed by atoms with Crippen LogP contribution < -0.4 is 10.5 Å². The van der Waals surface area contributed by atoms with E-state index >= 15 is 0 Å². The smallest absolute Gasteiger partial charge is 0.222 e. The van der Waals surface area contributed by atoms with E-state index in [2.05, 4.69) is 0 Å². The molecule has 1 aromatic rings. The summed E-state index contributed by atoms with van der Waals surface area (Å²) in [6, 6.07) is 7.23. The predicted molar refractivity (Wildman–Crippen MR) is 101 cm³/mol. The van der Waals surface area contributed by atoms with Crippen molar-refractivity contribution < 1.29 is 14.3 Å². The summed E-state index contributed by atoms with van der Waals surface area (Å²) in [7, 11) is 0. The van der Waals surface area contributed by atoms with Gasteiger partial charge < -0.3 is 15.4 Å². The molecule has 1 fully saturated rings. The molecule has 6 heteroatoms. The summed E-state index contributed by atoms with van der Waals surface area (Å²) in [5.41, 5.74) is 6.64. The second-order valence-electron chi connectivity index (χ2n) is 6.63. The van der Waals surface area contributed by atoms with Crippen LogP contribution in [-0.4, -0.2) is 42.3 Å². The molecule has 2 N–H and O–H groups in total. The molecular weight excluding hydrogens is 340 g/mol. The van der Waals surface area contributed by atoms with Gasteiger partial charge in [-0.3, -0.25) is 9.59 Å². The second-order valence-corrected chi connectivity index (χ2v) is 6.63. The first kappa shape index (κ1) is 21.5. The monoisotopic (exact) mass is 368 g/mol. The summed E-state index contributed by atoms with van der Waals surface area (Å²) in [6.07, 6.45) is 3.33. The Hall–Kier alpha value is -1.59. The Bertz CT molecular complexity index is 560. The summed E-state index contributed by atoms with van der Waals surface area (Å²) < 4.78 is 5.64. The van der Waals surface area contributed by atoms with Crippen LogP contribution in [0.25, 0.3) is 0 Å². The highest BCUT2D eigenvalue weighted by molar-refractivity contribution is 5.94. The Morgan fingerprint density at radius 1 is 1.32 bits per heavy atom. The number of nitrogens with zero attached hydrogens (tertiary/aromatic N) is 1. The molecule has 0 spiro atoms. The van der Waals surface area contributed by atoms with Crippen molar-refractivity contribution in [2.75, 3.05) is 19.7 Å². The number of rotatable bonds is 7. The number of carbonyl (C=O) groups is 2. The average Bonchev–Trinajstić information content (AvgIpc) is 2.59. The number of benzene rings is 1. The minimum absolute atomic E-state index is 0. The van der Waals surface area contributed by atoms with E-state index in [1.807, 2.05) is 11.8 Å². The van der Waals surface area contributed by atoms with Crippen molar-refractivity contribution in [3.63, 3.8) is 0 Å². The lowest BCUT2D eigenvalue weighted by Gasteiger charge is -2.34. The molecule has 0 aromatic heterocycles. The number of Topliss-reactive ketones (excluding diaryl/α,β-unsaturated/α-hetero) is 1. The maximum Gasteiger partial charge on any atom is 0.222 e. The third kappa shape index (κ3) is 6.67. The molecule has 25 heavy (non-hydrogen) atoms. The van der Waals surface area contributed by atoms with Crippen molar-refractivity contribution in [2.24, 2.45) is 11.7 Å². The van der Waals surface area contributed by atoms with Crippen LogP contribution >= 0.6 is 12.4 Å². The minimum atomic E-state index is 0. The molecule has 2 atom stereocenters. The van der Waals surface area contributed by atoms with E-state index in [1.165, 1.54) is 6.92 Å². The van der Waals surface area contributed by atoms with Crippen molar-refractivity contribution in [1.82, 2.24) is 4.90 Å². The Kier molecular flexibility index (Phi) is 8.93. The zero-order valence-corrected chi connectivity index (χ0v) is 15.9. The predicted octanol–water partition coefficient (Wildman–Crippen LogP) is 3.06. The molecule has 0 saturated carbocycles. The summed E-state index contributed by atoms with van der Waals surface area (Å²) in [6.45, 7) is 5.68. The first-order valence-electron chi connectivity index (χ1n) is 8.74. The molecule has 0 radical (unpaired) electrons. The molecule has 1 aliphatic rings. The maximum absolute atomic E-state index is 12.3. The molecule has 1 saturated heterocycles. The quantitative estimate of drug-likeness (QED) is 0.593. The third-order valence-corrected chi connectivity index (χ3v) is 4.62. The van der Waals surface area contributed by atoms with Crippen molar-refractivity contribution in [2.45, 2.75) is 45.6 Å². The molecule has 5 nitrogen and oxygen atoms in total. The number of hydrogen-bond acceptors (Lipinski definition) is 4. The Labute approximate surface area is 156 Å². The number of hydrogen-bond donors (Lipinski definition) is 1. The number of piperidine rings is 1. The topological polar surface area (TPSA) is 72.6 Å². The highest BCUT2D eigenvalue weighted by Crippen LogP contribution is 2.20. The lowest BCUT2D eigenvalue weighted by molar-refractivity contribution is -0.133. The SMILES string of the molecule is CC(=O)c1ccc(OCCCC(=O)N2CCCC(C(C)N)C2)cc1.Cl. The van der Waals surface area contributed by atoms with Gasteiger partial charge in [0.2, 0.25) is 5.91 Å². The molecule has 1 aliphatic heterocycles. The molecule has 1 heterocycles. The summed E-state index contributed by atoms with van der Waals surface area (Å²) in [5, 5.41) is 0. The number of likely N-dealkylation sites (tertiary alicyclic amines) is 1. The van der Waals surface area contributed by atoms with Gasteiger partial charge in [-0.15, -0.1) is 12.4 Å². The van der Waals surface area contributed by atoms with Gasteiger partial charge in [0, 0.05) is 31.1 Å². The van der Waals surface area contributed by atoms with Gasteiger partial charge in [-0.1, -0.05) is 0 Å². The lowest BCUT2D eigenvalue weighted by atomic mass is 9.92. The standard InChI is InChI=1S/C19H28N2O3.ClH/c1-14(20)17-5-3-11-21(13-17)19(23)6-4-12-24-18-9-7-16(8-10-18)15(2)22;/h7-10,14,17H,3-6,11-13,20H2,1-2H3;1H. The zero-order chi connectivity index (χ0) is 17.5. The Balaban J connectivity index is 0.00000312. The van der Waals surface area contributed by atoms with Gasteiger partial charge >= 0.3 is 0 Å². The summed E-state index contributed by atoms with van der Waals surface area (Å²) in [5.74, 6) is 1.37. The molecular formula is C19H29ClN2O3. The number of halogens is 1. The highest BCUT2D eigenvalue weighted by atomic mass is 35.5. The molecule has 1 aromatic carbocycles. The Morgan fingerprint density at radius 2 is 2.00 bits per heavy atom. The van der Waals surface area contributed by atoms with E-state index in [-0.39, 0.29) is 30.1 Å². The first-order chi connectivity index (χ1) is 11.5. The minimum Gasteiger partial charge on any atom is -0.494 e. The number of amides is 1. The van der Waals surface area contributed by atoms with Gasteiger partial charge in [-0.05, 0) is 63.3 Å². The van der Waals surface area contributed by atoms with Gasteiger partial charge in [0.15, 0.2) is 5.78 Å². The maximum atomic E-state index is 12.3. The lowest BCUT2D eigenvalue weighted by Crippen LogP contribution is -2.45. The van der Waals surface area contributed by atoms with E-state index < -0.39 is 0 Å². The highest BCUT2D eigenvalue weighted by Gasteiger charge is 2.25. The largest absolute Gasteiger partial charge is 0.494 e. The van der Waals surface area contributed by atoms with Crippen molar-refractivity contribution in [3.8, 4) is 5.75 Å². The third-order valence-electron chi connectivity index (χ3n) is 4.62. The van der Waals surface area contributed by atoms with Crippen LogP contribution in [0.3, 0.4) is 0 Å². The number of ketones is 1. The van der Waals surface area contributed by atoms with Crippen LogP contribution in [0.1, 0.15) is 49.9 Å². The van der Waals surface area contributed by atoms with Crippen LogP contribution in [0.15, 0.2) is 24.3 Å². The van der Waals surface area contributed by atoms with Gasteiger partial charge in [0.25, 0.3) is 0 Å². The number of nitrogens with two attached hydrogens (primary N) is 1. The summed E-state index contributed by atoms with van der Waals surface area (Å²) in [4.78, 5) is 25.4. The molecule has 2 rings (SSSR count). The van der Waals surface area contributed by atoms with Crippen LogP contribution in [0.4, 0.5) is 0 Å². The van der Waals surface area contributed by atoms with Gasteiger partial charge in [-0.25, -0.2) is 0 Å². The van der Waals surface area contributed by atoms with Crippen LogP contribution in [0.2, 0.25) is 0 Å². The zero-order valence-electron chi connectivity index (χ0n) is 15.1. The average molecular weight is 369 g/mol. The first-order valence-corrected chi connectivity index (χ1v) is 8.74. The van der Waals surface area contributed by atoms with E-state index in [4.69, 9.17) is 10.5 Å². The Morgan fingerprint density at radius 3 is 2.60 bits per heavy atom. The van der Waals surface area contributed by atoms with Gasteiger partial charge in [0.1, 0.15) is 5.75 Å². The van der Waals surface area contributed by atoms with Crippen molar-refractivity contribution in [1.29, 1.82) is 0 Å². The molecule has 1 amide bonds. The van der Waals surface area contributed by atoms with Crippen LogP contribution in [0.5, 0.6) is 5.75 Å². The van der Waals surface area contributed by atoms with E-state index in [1.54, 1.807) is 24.3 Å². The second kappa shape index (κ2) is 10.4.